The van der Waals surface area contributed by atoms with Crippen LogP contribution in [-0.4, -0.2) is 37.0 Å². The lowest BCUT2D eigenvalue weighted by Crippen LogP contribution is -2.03. The summed E-state index contributed by atoms with van der Waals surface area (Å²) in [5.74, 6) is 0. The Labute approximate surface area is 98.1 Å². The van der Waals surface area contributed by atoms with E-state index in [1.165, 1.54) is 12.8 Å². The van der Waals surface area contributed by atoms with Crippen LogP contribution >= 0.6 is 15.8 Å². The standard InChI is InChI=1S/C13H26P2/c1-14-10-4-8-12(14)6-3-7-13-9-5-11-15(13)2/h12-13H,3-11H2,1-2H3/t12-,13-,14-,15-/m0/s1. The smallest absolute Gasteiger partial charge is 0.0212 e. The van der Waals surface area contributed by atoms with E-state index in [1.807, 2.05) is 0 Å². The first-order valence-corrected chi connectivity index (χ1v) is 10.8. The molecule has 2 fully saturated rings. The third kappa shape index (κ3) is 3.41. The Hall–Kier alpha value is 0.860. The molecule has 2 saturated heterocycles. The van der Waals surface area contributed by atoms with E-state index in [9.17, 15) is 0 Å². The molecule has 0 aromatic heterocycles. The summed E-state index contributed by atoms with van der Waals surface area (Å²) in [6.45, 7) is 5.07. The lowest BCUT2D eigenvalue weighted by atomic mass is 10.1. The molecule has 0 aromatic carbocycles. The van der Waals surface area contributed by atoms with E-state index in [1.54, 1.807) is 44.4 Å². The van der Waals surface area contributed by atoms with Crippen LogP contribution in [0.1, 0.15) is 44.9 Å². The molecule has 2 heteroatoms. The second-order valence-electron chi connectivity index (χ2n) is 5.48. The van der Waals surface area contributed by atoms with Crippen LogP contribution in [0, 0.1) is 0 Å². The maximum atomic E-state index is 2.54. The lowest BCUT2D eigenvalue weighted by Gasteiger charge is -2.19. The van der Waals surface area contributed by atoms with Crippen molar-refractivity contribution in [2.45, 2.75) is 56.3 Å². The average molecular weight is 244 g/mol. The highest BCUT2D eigenvalue weighted by Gasteiger charge is 2.25. The van der Waals surface area contributed by atoms with E-state index >= 15 is 0 Å². The van der Waals surface area contributed by atoms with Gasteiger partial charge in [0.1, 0.15) is 0 Å². The van der Waals surface area contributed by atoms with Gasteiger partial charge >= 0.3 is 0 Å². The molecule has 0 nitrogen and oxygen atoms in total. The topological polar surface area (TPSA) is 0 Å². The van der Waals surface area contributed by atoms with Gasteiger partial charge in [0.15, 0.2) is 0 Å². The largest absolute Gasteiger partial charge is 0.107 e. The van der Waals surface area contributed by atoms with Gasteiger partial charge in [-0.3, -0.25) is 0 Å². The summed E-state index contributed by atoms with van der Waals surface area (Å²) < 4.78 is 0. The summed E-state index contributed by atoms with van der Waals surface area (Å²) in [5.41, 5.74) is 2.31. The van der Waals surface area contributed by atoms with Crippen LogP contribution in [0.25, 0.3) is 0 Å². The first-order valence-electron chi connectivity index (χ1n) is 6.68. The molecule has 0 radical (unpaired) electrons. The van der Waals surface area contributed by atoms with Gasteiger partial charge in [-0.05, 0) is 75.5 Å². The Kier molecular flexibility index (Phi) is 4.91. The molecule has 0 N–H and O–H groups in total. The van der Waals surface area contributed by atoms with Gasteiger partial charge in [-0.25, -0.2) is 0 Å². The molecule has 0 unspecified atom stereocenters. The normalized spacial score (nSPS) is 41.2. The van der Waals surface area contributed by atoms with Crippen molar-refractivity contribution in [1.82, 2.24) is 0 Å². The van der Waals surface area contributed by atoms with Gasteiger partial charge in [-0.1, -0.05) is 6.42 Å². The summed E-state index contributed by atoms with van der Waals surface area (Å²) in [5, 5.41) is 0. The molecule has 15 heavy (non-hydrogen) atoms. The first kappa shape index (κ1) is 12.3. The van der Waals surface area contributed by atoms with E-state index in [4.69, 9.17) is 0 Å². The monoisotopic (exact) mass is 244 g/mol. The minimum atomic E-state index is 0.442. The quantitative estimate of drug-likeness (QED) is 0.628. The molecule has 0 aliphatic carbocycles. The fourth-order valence-electron chi connectivity index (χ4n) is 3.28. The van der Waals surface area contributed by atoms with Crippen LogP contribution < -0.4 is 0 Å². The van der Waals surface area contributed by atoms with Gasteiger partial charge in [-0.2, -0.15) is 0 Å². The van der Waals surface area contributed by atoms with Crippen molar-refractivity contribution in [3.05, 3.63) is 0 Å². The number of hydrogen-bond acceptors (Lipinski definition) is 0. The molecule has 2 heterocycles. The van der Waals surface area contributed by atoms with Gasteiger partial charge in [0.2, 0.25) is 0 Å². The highest BCUT2D eigenvalue weighted by Crippen LogP contribution is 2.51. The predicted octanol–water partition coefficient (Wildman–Crippen LogP) is 4.70. The van der Waals surface area contributed by atoms with Crippen LogP contribution in [0.2, 0.25) is 0 Å². The molecule has 0 aromatic rings. The zero-order valence-corrected chi connectivity index (χ0v) is 12.2. The van der Waals surface area contributed by atoms with Crippen molar-refractivity contribution in [2.75, 3.05) is 25.7 Å². The van der Waals surface area contributed by atoms with Crippen molar-refractivity contribution < 1.29 is 0 Å². The van der Waals surface area contributed by atoms with Crippen LogP contribution in [0.3, 0.4) is 0 Å². The fourth-order valence-corrected chi connectivity index (χ4v) is 7.86. The van der Waals surface area contributed by atoms with Crippen LogP contribution in [0.15, 0.2) is 0 Å². The summed E-state index contributed by atoms with van der Waals surface area (Å²) in [7, 11) is 0.884. The summed E-state index contributed by atoms with van der Waals surface area (Å²) in [4.78, 5) is 0. The second kappa shape index (κ2) is 5.97. The molecular formula is C13H26P2. The van der Waals surface area contributed by atoms with E-state index in [-0.39, 0.29) is 0 Å². The minimum Gasteiger partial charge on any atom is -0.107 e. The van der Waals surface area contributed by atoms with Crippen molar-refractivity contribution in [2.24, 2.45) is 0 Å². The molecule has 88 valence electrons. The summed E-state index contributed by atoms with van der Waals surface area (Å²) in [6.07, 6.45) is 14.0. The third-order valence-electron chi connectivity index (χ3n) is 4.42. The molecule has 2 aliphatic rings. The molecule has 2 rings (SSSR count). The van der Waals surface area contributed by atoms with E-state index in [2.05, 4.69) is 13.3 Å². The van der Waals surface area contributed by atoms with E-state index < -0.39 is 0 Å². The maximum absolute atomic E-state index is 2.54. The van der Waals surface area contributed by atoms with Gasteiger partial charge in [0.25, 0.3) is 0 Å². The highest BCUT2D eigenvalue weighted by atomic mass is 31.1. The van der Waals surface area contributed by atoms with Crippen molar-refractivity contribution in [3.63, 3.8) is 0 Å². The molecule has 2 aliphatic heterocycles. The molecule has 0 saturated carbocycles. The average Bonchev–Trinajstić information content (AvgIpc) is 2.78. The molecule has 0 spiro atoms. The Morgan fingerprint density at radius 3 is 1.67 bits per heavy atom. The Balaban J connectivity index is 1.62. The Bertz CT molecular complexity index is 173. The molecular weight excluding hydrogens is 218 g/mol. The third-order valence-corrected chi connectivity index (χ3v) is 9.99. The molecule has 0 amide bonds. The fraction of sp³-hybridized carbons (Fsp3) is 1.00. The second-order valence-corrected chi connectivity index (χ2v) is 10.9. The van der Waals surface area contributed by atoms with Gasteiger partial charge in [0, 0.05) is 0 Å². The SMILES string of the molecule is C[P@@]1CCC[C@@H]1CCC[C@H]1CCC[P@]1C. The van der Waals surface area contributed by atoms with Crippen LogP contribution in [0.4, 0.5) is 0 Å². The zero-order chi connectivity index (χ0) is 10.7. The van der Waals surface area contributed by atoms with Gasteiger partial charge in [0.05, 0.1) is 0 Å². The van der Waals surface area contributed by atoms with Crippen molar-refractivity contribution >= 4 is 15.8 Å². The van der Waals surface area contributed by atoms with Crippen molar-refractivity contribution in [3.8, 4) is 0 Å². The van der Waals surface area contributed by atoms with Gasteiger partial charge in [-0.15, -0.1) is 15.8 Å². The van der Waals surface area contributed by atoms with Crippen LogP contribution in [0.5, 0.6) is 0 Å². The lowest BCUT2D eigenvalue weighted by molar-refractivity contribution is 0.607. The summed E-state index contributed by atoms with van der Waals surface area (Å²) >= 11 is 0. The zero-order valence-electron chi connectivity index (χ0n) is 10.4. The highest BCUT2D eigenvalue weighted by molar-refractivity contribution is 7.58. The van der Waals surface area contributed by atoms with Crippen LogP contribution in [-0.2, 0) is 0 Å². The maximum Gasteiger partial charge on any atom is -0.0212 e. The van der Waals surface area contributed by atoms with Crippen molar-refractivity contribution in [1.29, 1.82) is 0 Å². The van der Waals surface area contributed by atoms with E-state index in [0.29, 0.717) is 15.8 Å². The molecule has 0 bridgehead atoms. The first-order chi connectivity index (χ1) is 7.27. The molecule has 4 atom stereocenters. The predicted molar refractivity (Wildman–Crippen MR) is 75.3 cm³/mol. The Morgan fingerprint density at radius 2 is 1.33 bits per heavy atom. The number of hydrogen-bond donors (Lipinski definition) is 0. The number of rotatable bonds is 4. The minimum absolute atomic E-state index is 0.442. The van der Waals surface area contributed by atoms with E-state index in [0.717, 1.165) is 11.3 Å². The van der Waals surface area contributed by atoms with Gasteiger partial charge < -0.3 is 0 Å². The summed E-state index contributed by atoms with van der Waals surface area (Å²) in [6, 6.07) is 0. The Morgan fingerprint density at radius 1 is 0.867 bits per heavy atom.